The van der Waals surface area contributed by atoms with Gasteiger partial charge in [0.05, 0.1) is 0 Å². The first-order chi connectivity index (χ1) is 9.48. The first-order valence-electron chi connectivity index (χ1n) is 7.35. The van der Waals surface area contributed by atoms with E-state index in [0.29, 0.717) is 13.0 Å². The van der Waals surface area contributed by atoms with Gasteiger partial charge >= 0.3 is 0 Å². The van der Waals surface area contributed by atoms with Crippen LogP contribution < -0.4 is 10.6 Å². The van der Waals surface area contributed by atoms with Crippen LogP contribution in [0.4, 0.5) is 0 Å². The van der Waals surface area contributed by atoms with Crippen molar-refractivity contribution in [1.82, 2.24) is 15.5 Å². The first-order valence-corrected chi connectivity index (χ1v) is 8.33. The van der Waals surface area contributed by atoms with Crippen LogP contribution in [0.3, 0.4) is 0 Å². The lowest BCUT2D eigenvalue weighted by Gasteiger charge is -2.39. The van der Waals surface area contributed by atoms with Gasteiger partial charge in [0.15, 0.2) is 5.96 Å². The van der Waals surface area contributed by atoms with Crippen molar-refractivity contribution in [3.63, 3.8) is 0 Å². The third-order valence-corrected chi connectivity index (χ3v) is 4.44. The van der Waals surface area contributed by atoms with Gasteiger partial charge in [-0.3, -0.25) is 9.79 Å². The molecule has 124 valence electrons. The van der Waals surface area contributed by atoms with Crippen LogP contribution in [0.5, 0.6) is 0 Å². The maximum atomic E-state index is 11.5. The van der Waals surface area contributed by atoms with Crippen molar-refractivity contribution in [1.29, 1.82) is 0 Å². The molecule has 1 saturated heterocycles. The summed E-state index contributed by atoms with van der Waals surface area (Å²) >= 11 is 2.00. The Kier molecular flexibility index (Phi) is 10.4. The highest BCUT2D eigenvalue weighted by Gasteiger charge is 2.28. The number of carbonyl (C=O) groups excluding carboxylic acids is 1. The van der Waals surface area contributed by atoms with Gasteiger partial charge in [0.2, 0.25) is 5.91 Å². The van der Waals surface area contributed by atoms with E-state index in [0.717, 1.165) is 37.8 Å². The molecular formula is C14H29IN4OS. The molecule has 0 atom stereocenters. The van der Waals surface area contributed by atoms with Gasteiger partial charge in [-0.1, -0.05) is 6.92 Å². The number of halogens is 1. The second-order valence-corrected chi connectivity index (χ2v) is 7.41. The van der Waals surface area contributed by atoms with E-state index in [9.17, 15) is 4.79 Å². The Morgan fingerprint density at radius 2 is 2.05 bits per heavy atom. The zero-order valence-corrected chi connectivity index (χ0v) is 16.7. The lowest BCUT2D eigenvalue weighted by molar-refractivity contribution is -0.120. The number of thioether (sulfide) groups is 1. The molecular weight excluding hydrogens is 399 g/mol. The molecule has 0 spiro atoms. The molecule has 1 rings (SSSR count). The summed E-state index contributed by atoms with van der Waals surface area (Å²) in [5.74, 6) is 2.12. The van der Waals surface area contributed by atoms with Gasteiger partial charge in [0.25, 0.3) is 0 Å². The molecule has 0 saturated carbocycles. The fourth-order valence-corrected chi connectivity index (χ4v) is 3.28. The number of rotatable bonds is 5. The molecule has 0 aromatic heterocycles. The summed E-state index contributed by atoms with van der Waals surface area (Å²) in [5.41, 5.74) is 0. The number of carbonyl (C=O) groups is 1. The van der Waals surface area contributed by atoms with E-state index in [-0.39, 0.29) is 34.6 Å². The molecule has 5 nitrogen and oxygen atoms in total. The Morgan fingerprint density at radius 3 is 2.62 bits per heavy atom. The van der Waals surface area contributed by atoms with E-state index >= 15 is 0 Å². The summed E-state index contributed by atoms with van der Waals surface area (Å²) in [6, 6.07) is 0. The van der Waals surface area contributed by atoms with Crippen molar-refractivity contribution in [3.8, 4) is 0 Å². The average molecular weight is 428 g/mol. The molecule has 0 aliphatic carbocycles. The quantitative estimate of drug-likeness (QED) is 0.399. The van der Waals surface area contributed by atoms with Crippen molar-refractivity contribution in [2.75, 3.05) is 39.0 Å². The summed E-state index contributed by atoms with van der Waals surface area (Å²) in [4.78, 5) is 18.1. The average Bonchev–Trinajstić information content (AvgIpc) is 2.40. The Balaban J connectivity index is 0.00000400. The largest absolute Gasteiger partial charge is 0.356 e. The Morgan fingerprint density at radius 1 is 1.33 bits per heavy atom. The minimum atomic E-state index is 0. The fourth-order valence-electron chi connectivity index (χ4n) is 2.17. The molecule has 1 aliphatic rings. The van der Waals surface area contributed by atoms with Crippen LogP contribution in [-0.4, -0.2) is 60.5 Å². The lowest BCUT2D eigenvalue weighted by atomic mass is 10.2. The van der Waals surface area contributed by atoms with Crippen LogP contribution in [0.15, 0.2) is 4.99 Å². The lowest BCUT2D eigenvalue weighted by Crippen LogP contribution is -2.51. The van der Waals surface area contributed by atoms with Crippen molar-refractivity contribution in [2.45, 2.75) is 38.4 Å². The maximum absolute atomic E-state index is 11.5. The summed E-state index contributed by atoms with van der Waals surface area (Å²) < 4.78 is 0.258. The fraction of sp³-hybridized carbons (Fsp3) is 0.857. The smallest absolute Gasteiger partial charge is 0.221 e. The molecule has 1 aliphatic heterocycles. The number of nitrogens with zero attached hydrogens (tertiary/aromatic N) is 2. The van der Waals surface area contributed by atoms with Gasteiger partial charge in [-0.05, 0) is 20.3 Å². The molecule has 1 amide bonds. The van der Waals surface area contributed by atoms with Crippen LogP contribution in [0.1, 0.15) is 33.6 Å². The SMILES string of the molecule is CCCNC(=O)CCNC(=NC)N1CCSC(C)(C)C1.I. The van der Waals surface area contributed by atoms with Crippen LogP contribution in [0.25, 0.3) is 0 Å². The van der Waals surface area contributed by atoms with E-state index < -0.39 is 0 Å². The highest BCUT2D eigenvalue weighted by atomic mass is 127. The molecule has 7 heteroatoms. The molecule has 0 radical (unpaired) electrons. The molecule has 0 aromatic rings. The summed E-state index contributed by atoms with van der Waals surface area (Å²) in [6.45, 7) is 9.95. The highest BCUT2D eigenvalue weighted by molar-refractivity contribution is 14.0. The number of hydrogen-bond acceptors (Lipinski definition) is 3. The molecule has 1 fully saturated rings. The molecule has 21 heavy (non-hydrogen) atoms. The second kappa shape index (κ2) is 10.5. The predicted molar refractivity (Wildman–Crippen MR) is 103 cm³/mol. The molecule has 0 unspecified atom stereocenters. The topological polar surface area (TPSA) is 56.7 Å². The van der Waals surface area contributed by atoms with E-state index in [2.05, 4.69) is 41.3 Å². The second-order valence-electron chi connectivity index (χ2n) is 5.60. The van der Waals surface area contributed by atoms with Gasteiger partial charge in [0, 0.05) is 50.1 Å². The Bertz CT molecular complexity index is 350. The maximum Gasteiger partial charge on any atom is 0.221 e. The molecule has 2 N–H and O–H groups in total. The first kappa shape index (κ1) is 20.8. The number of nitrogens with one attached hydrogen (secondary N) is 2. The van der Waals surface area contributed by atoms with E-state index in [1.807, 2.05) is 11.8 Å². The summed E-state index contributed by atoms with van der Waals surface area (Å²) in [6.07, 6.45) is 1.46. The van der Waals surface area contributed by atoms with Crippen LogP contribution in [0, 0.1) is 0 Å². The van der Waals surface area contributed by atoms with E-state index in [1.165, 1.54) is 0 Å². The minimum Gasteiger partial charge on any atom is -0.356 e. The van der Waals surface area contributed by atoms with Gasteiger partial charge < -0.3 is 15.5 Å². The van der Waals surface area contributed by atoms with Gasteiger partial charge in [-0.2, -0.15) is 11.8 Å². The van der Waals surface area contributed by atoms with Crippen molar-refractivity contribution < 1.29 is 4.79 Å². The standard InChI is InChI=1S/C14H28N4OS.HI/c1-5-7-16-12(19)6-8-17-13(15-4)18-9-10-20-14(2,3)11-18;/h5-11H2,1-4H3,(H,15,17)(H,16,19);1H. The minimum absolute atomic E-state index is 0. The normalized spacial score (nSPS) is 17.9. The third kappa shape index (κ3) is 8.13. The number of hydrogen-bond donors (Lipinski definition) is 2. The Labute approximate surface area is 150 Å². The number of amides is 1. The predicted octanol–water partition coefficient (Wildman–Crippen LogP) is 1.92. The van der Waals surface area contributed by atoms with E-state index in [4.69, 9.17) is 0 Å². The zero-order chi connectivity index (χ0) is 15.0. The van der Waals surface area contributed by atoms with Gasteiger partial charge in [-0.15, -0.1) is 24.0 Å². The van der Waals surface area contributed by atoms with Crippen molar-refractivity contribution in [2.24, 2.45) is 4.99 Å². The van der Waals surface area contributed by atoms with Gasteiger partial charge in [-0.25, -0.2) is 0 Å². The number of aliphatic imine (C=N–C) groups is 1. The molecule has 0 bridgehead atoms. The highest BCUT2D eigenvalue weighted by Crippen LogP contribution is 2.29. The van der Waals surface area contributed by atoms with E-state index in [1.54, 1.807) is 7.05 Å². The van der Waals surface area contributed by atoms with Crippen LogP contribution in [0.2, 0.25) is 0 Å². The molecule has 1 heterocycles. The van der Waals surface area contributed by atoms with Crippen LogP contribution in [-0.2, 0) is 4.79 Å². The summed E-state index contributed by atoms with van der Waals surface area (Å²) in [7, 11) is 1.80. The van der Waals surface area contributed by atoms with Crippen molar-refractivity contribution in [3.05, 3.63) is 0 Å². The summed E-state index contributed by atoms with van der Waals surface area (Å²) in [5, 5.41) is 6.17. The zero-order valence-electron chi connectivity index (χ0n) is 13.6. The molecule has 0 aromatic carbocycles. The third-order valence-electron chi connectivity index (χ3n) is 3.14. The monoisotopic (exact) mass is 428 g/mol. The van der Waals surface area contributed by atoms with Crippen LogP contribution >= 0.6 is 35.7 Å². The van der Waals surface area contributed by atoms with Crippen molar-refractivity contribution >= 4 is 47.6 Å². The van der Waals surface area contributed by atoms with Gasteiger partial charge in [0.1, 0.15) is 0 Å². The Hall–Kier alpha value is -0.180. The number of guanidine groups is 1.